The van der Waals surface area contributed by atoms with Crippen LogP contribution in [0.15, 0.2) is 12.1 Å². The Morgan fingerprint density at radius 2 is 2.06 bits per heavy atom. The fourth-order valence-electron chi connectivity index (χ4n) is 1.94. The lowest BCUT2D eigenvalue weighted by atomic mass is 10.1. The maximum Gasteiger partial charge on any atom is 0.246 e. The Hall–Kier alpha value is -1.49. The fraction of sp³-hybridized carbons (Fsp3) is 0.364. The third kappa shape index (κ3) is 1.48. The number of anilines is 1. The summed E-state index contributed by atoms with van der Waals surface area (Å²) >= 11 is 0. The van der Waals surface area contributed by atoms with Gasteiger partial charge < -0.3 is 5.32 Å². The Morgan fingerprint density at radius 3 is 2.75 bits per heavy atom. The van der Waals surface area contributed by atoms with Gasteiger partial charge in [-0.05, 0) is 18.9 Å². The molecule has 0 radical (unpaired) electrons. The van der Waals surface area contributed by atoms with Gasteiger partial charge >= 0.3 is 0 Å². The van der Waals surface area contributed by atoms with Gasteiger partial charge in [0.1, 0.15) is 17.7 Å². The van der Waals surface area contributed by atoms with Gasteiger partial charge in [0.2, 0.25) is 5.91 Å². The van der Waals surface area contributed by atoms with Crippen LogP contribution in [0.1, 0.15) is 24.4 Å². The number of rotatable bonds is 2. The van der Waals surface area contributed by atoms with Crippen LogP contribution in [-0.2, 0) is 4.79 Å². The van der Waals surface area contributed by atoms with Gasteiger partial charge in [0.15, 0.2) is 0 Å². The molecule has 1 unspecified atom stereocenters. The van der Waals surface area contributed by atoms with E-state index in [0.29, 0.717) is 11.6 Å². The van der Waals surface area contributed by atoms with Gasteiger partial charge in [-0.15, -0.1) is 0 Å². The second kappa shape index (κ2) is 3.25. The number of hydrogen-bond donors (Lipinski definition) is 2. The van der Waals surface area contributed by atoms with E-state index in [2.05, 4.69) is 10.6 Å². The van der Waals surface area contributed by atoms with E-state index in [1.165, 1.54) is 6.07 Å². The molecule has 2 aliphatic rings. The van der Waals surface area contributed by atoms with Gasteiger partial charge in [0.05, 0.1) is 5.69 Å². The van der Waals surface area contributed by atoms with Crippen molar-refractivity contribution in [2.75, 3.05) is 5.32 Å². The van der Waals surface area contributed by atoms with Crippen LogP contribution in [0.3, 0.4) is 0 Å². The largest absolute Gasteiger partial charge is 0.322 e. The van der Waals surface area contributed by atoms with E-state index in [9.17, 15) is 13.6 Å². The molecule has 3 nitrogen and oxygen atoms in total. The first-order valence-electron chi connectivity index (χ1n) is 5.21. The molecule has 3 rings (SSSR count). The predicted octanol–water partition coefficient (Wildman–Crippen LogP) is 1.71. The van der Waals surface area contributed by atoms with Crippen molar-refractivity contribution in [3.05, 3.63) is 29.3 Å². The summed E-state index contributed by atoms with van der Waals surface area (Å²) < 4.78 is 26.4. The van der Waals surface area contributed by atoms with E-state index < -0.39 is 17.7 Å². The van der Waals surface area contributed by atoms with E-state index in [-0.39, 0.29) is 11.6 Å². The molecule has 1 heterocycles. The summed E-state index contributed by atoms with van der Waals surface area (Å²) in [5.74, 6) is -1.69. The summed E-state index contributed by atoms with van der Waals surface area (Å²) in [5, 5.41) is 5.50. The quantitative estimate of drug-likeness (QED) is 0.802. The number of benzene rings is 1. The molecule has 1 saturated carbocycles. The highest BCUT2D eigenvalue weighted by molar-refractivity contribution is 6.02. The topological polar surface area (TPSA) is 41.1 Å². The van der Waals surface area contributed by atoms with Crippen LogP contribution in [-0.4, -0.2) is 11.9 Å². The Bertz CT molecular complexity index is 471. The summed E-state index contributed by atoms with van der Waals surface area (Å²) in [5.41, 5.74) is 0.471. The first-order chi connectivity index (χ1) is 7.65. The molecule has 84 valence electrons. The zero-order valence-corrected chi connectivity index (χ0v) is 8.39. The minimum atomic E-state index is -0.719. The molecule has 1 aromatic carbocycles. The minimum absolute atomic E-state index is 0.101. The highest BCUT2D eigenvalue weighted by Crippen LogP contribution is 2.35. The van der Waals surface area contributed by atoms with Crippen molar-refractivity contribution in [3.8, 4) is 0 Å². The molecule has 1 atom stereocenters. The molecule has 0 spiro atoms. The number of hydrogen-bond acceptors (Lipinski definition) is 2. The summed E-state index contributed by atoms with van der Waals surface area (Å²) in [6.45, 7) is 0. The summed E-state index contributed by atoms with van der Waals surface area (Å²) in [6.07, 6.45) is 2.02. The van der Waals surface area contributed by atoms with Crippen molar-refractivity contribution in [2.45, 2.75) is 24.9 Å². The predicted molar refractivity (Wildman–Crippen MR) is 53.9 cm³/mol. The standard InChI is InChI=1S/C11H10F2N2O/c12-5-3-7-9(8(13)4-5)15-11(16)10(7)14-6-1-2-6/h3-4,6,10,14H,1-2H2,(H,15,16). The molecule has 1 aromatic rings. The van der Waals surface area contributed by atoms with E-state index in [4.69, 9.17) is 0 Å². The first-order valence-corrected chi connectivity index (χ1v) is 5.21. The van der Waals surface area contributed by atoms with Crippen LogP contribution < -0.4 is 10.6 Å². The lowest BCUT2D eigenvalue weighted by Crippen LogP contribution is -2.29. The zero-order chi connectivity index (χ0) is 11.3. The minimum Gasteiger partial charge on any atom is -0.322 e. The smallest absolute Gasteiger partial charge is 0.246 e. The van der Waals surface area contributed by atoms with Crippen molar-refractivity contribution in [1.29, 1.82) is 0 Å². The first kappa shape index (κ1) is 9.72. The molecular weight excluding hydrogens is 214 g/mol. The molecule has 1 fully saturated rings. The van der Waals surface area contributed by atoms with E-state index in [1.54, 1.807) is 0 Å². The molecule has 2 N–H and O–H groups in total. The summed E-state index contributed by atoms with van der Waals surface area (Å²) in [4.78, 5) is 11.6. The second-order valence-corrected chi connectivity index (χ2v) is 4.22. The Morgan fingerprint density at radius 1 is 1.31 bits per heavy atom. The number of nitrogens with one attached hydrogen (secondary N) is 2. The number of carbonyl (C=O) groups is 1. The molecule has 0 aromatic heterocycles. The molecule has 5 heteroatoms. The third-order valence-corrected chi connectivity index (χ3v) is 2.89. The number of halogens is 2. The average Bonchev–Trinajstić information content (AvgIpc) is 2.96. The highest BCUT2D eigenvalue weighted by atomic mass is 19.1. The number of amides is 1. The molecule has 0 bridgehead atoms. The number of carbonyl (C=O) groups excluding carboxylic acids is 1. The maximum absolute atomic E-state index is 13.4. The SMILES string of the molecule is O=C1Nc2c(F)cc(F)cc2C1NC1CC1. The van der Waals surface area contributed by atoms with Crippen molar-refractivity contribution in [3.63, 3.8) is 0 Å². The summed E-state index contributed by atoms with van der Waals surface area (Å²) in [7, 11) is 0. The van der Waals surface area contributed by atoms with E-state index >= 15 is 0 Å². The highest BCUT2D eigenvalue weighted by Gasteiger charge is 2.36. The third-order valence-electron chi connectivity index (χ3n) is 2.89. The fourth-order valence-corrected chi connectivity index (χ4v) is 1.94. The normalized spacial score (nSPS) is 23.1. The van der Waals surface area contributed by atoms with Crippen LogP contribution >= 0.6 is 0 Å². The molecule has 1 aliphatic carbocycles. The van der Waals surface area contributed by atoms with Gasteiger partial charge in [-0.3, -0.25) is 10.1 Å². The van der Waals surface area contributed by atoms with Gasteiger partial charge in [-0.2, -0.15) is 0 Å². The molecule has 0 saturated heterocycles. The lowest BCUT2D eigenvalue weighted by molar-refractivity contribution is -0.117. The molecule has 16 heavy (non-hydrogen) atoms. The van der Waals surface area contributed by atoms with Gasteiger partial charge in [0, 0.05) is 17.7 Å². The lowest BCUT2D eigenvalue weighted by Gasteiger charge is -2.10. The Balaban J connectivity index is 2.01. The van der Waals surface area contributed by atoms with Crippen LogP contribution in [0.2, 0.25) is 0 Å². The van der Waals surface area contributed by atoms with Crippen molar-refractivity contribution < 1.29 is 13.6 Å². The Kier molecular flexibility index (Phi) is 1.97. The monoisotopic (exact) mass is 224 g/mol. The molecular formula is C11H10F2N2O. The second-order valence-electron chi connectivity index (χ2n) is 4.22. The van der Waals surface area contributed by atoms with Gasteiger partial charge in [0.25, 0.3) is 0 Å². The van der Waals surface area contributed by atoms with Crippen LogP contribution in [0.25, 0.3) is 0 Å². The van der Waals surface area contributed by atoms with Crippen LogP contribution in [0.5, 0.6) is 0 Å². The van der Waals surface area contributed by atoms with Crippen molar-refractivity contribution >= 4 is 11.6 Å². The van der Waals surface area contributed by atoms with Crippen LogP contribution in [0, 0.1) is 11.6 Å². The summed E-state index contributed by atoms with van der Waals surface area (Å²) in [6, 6.07) is 1.66. The Labute approximate surface area is 90.8 Å². The van der Waals surface area contributed by atoms with Gasteiger partial charge in [-0.1, -0.05) is 0 Å². The van der Waals surface area contributed by atoms with Crippen molar-refractivity contribution in [2.24, 2.45) is 0 Å². The molecule has 1 aliphatic heterocycles. The average molecular weight is 224 g/mol. The molecule has 1 amide bonds. The van der Waals surface area contributed by atoms with Crippen molar-refractivity contribution in [1.82, 2.24) is 5.32 Å². The zero-order valence-electron chi connectivity index (χ0n) is 8.39. The van der Waals surface area contributed by atoms with E-state index in [1.807, 2.05) is 0 Å². The van der Waals surface area contributed by atoms with Gasteiger partial charge in [-0.25, -0.2) is 8.78 Å². The number of fused-ring (bicyclic) bond motifs is 1. The van der Waals surface area contributed by atoms with E-state index in [0.717, 1.165) is 18.9 Å². The van der Waals surface area contributed by atoms with Crippen LogP contribution in [0.4, 0.5) is 14.5 Å². The maximum atomic E-state index is 13.4.